The van der Waals surface area contributed by atoms with E-state index in [0.717, 1.165) is 12.4 Å². The van der Waals surface area contributed by atoms with Crippen molar-refractivity contribution in [3.8, 4) is 0 Å². The van der Waals surface area contributed by atoms with Crippen LogP contribution in [0.1, 0.15) is 29.3 Å². The lowest BCUT2D eigenvalue weighted by atomic mass is 10.2. The third kappa shape index (κ3) is 3.33. The van der Waals surface area contributed by atoms with Gasteiger partial charge in [-0.25, -0.2) is 15.0 Å². The first-order valence-electron chi connectivity index (χ1n) is 7.89. The fourth-order valence-electron chi connectivity index (χ4n) is 2.52. The predicted molar refractivity (Wildman–Crippen MR) is 87.6 cm³/mol. The molecule has 3 rings (SSSR count). The van der Waals surface area contributed by atoms with Crippen molar-refractivity contribution in [2.24, 2.45) is 0 Å². The normalized spacial score (nSPS) is 17.6. The van der Waals surface area contributed by atoms with E-state index in [2.05, 4.69) is 26.9 Å². The number of hydrogen-bond donors (Lipinski definition) is 0. The van der Waals surface area contributed by atoms with Crippen LogP contribution < -0.4 is 4.90 Å². The first kappa shape index (κ1) is 16.3. The molecule has 0 saturated carbocycles. The summed E-state index contributed by atoms with van der Waals surface area (Å²) in [6, 6.07) is 1.52. The van der Waals surface area contributed by atoms with Crippen LogP contribution in [0.15, 0.2) is 30.9 Å². The van der Waals surface area contributed by atoms with Crippen LogP contribution in [-0.2, 0) is 4.74 Å². The van der Waals surface area contributed by atoms with Crippen LogP contribution in [0.5, 0.6) is 0 Å². The number of carbonyl (C=O) groups excluding carboxylic acids is 1. The van der Waals surface area contributed by atoms with E-state index in [1.54, 1.807) is 17.3 Å². The molecule has 8 heteroatoms. The molecule has 8 nitrogen and oxygen atoms in total. The zero-order chi connectivity index (χ0) is 16.9. The molecule has 2 aromatic rings. The third-order valence-corrected chi connectivity index (χ3v) is 3.99. The van der Waals surface area contributed by atoms with E-state index in [-0.39, 0.29) is 11.9 Å². The minimum atomic E-state index is -0.335. The molecule has 1 aliphatic heterocycles. The van der Waals surface area contributed by atoms with Crippen molar-refractivity contribution in [3.63, 3.8) is 0 Å². The lowest BCUT2D eigenvalue weighted by molar-refractivity contribution is -0.00553. The van der Waals surface area contributed by atoms with Crippen molar-refractivity contribution in [2.75, 3.05) is 38.3 Å². The molecule has 0 aromatic carbocycles. The Bertz CT molecular complexity index is 696. The predicted octanol–water partition coefficient (Wildman–Crippen LogP) is 0.936. The van der Waals surface area contributed by atoms with Crippen molar-refractivity contribution in [2.45, 2.75) is 13.0 Å². The van der Waals surface area contributed by atoms with Gasteiger partial charge in [0.2, 0.25) is 0 Å². The van der Waals surface area contributed by atoms with Crippen molar-refractivity contribution in [3.05, 3.63) is 42.4 Å². The highest BCUT2D eigenvalue weighted by Crippen LogP contribution is 2.24. The minimum absolute atomic E-state index is 0.186. The fraction of sp³-hybridized carbons (Fsp3) is 0.438. The summed E-state index contributed by atoms with van der Waals surface area (Å²) >= 11 is 0. The van der Waals surface area contributed by atoms with Gasteiger partial charge in [-0.1, -0.05) is 0 Å². The molecular formula is C16H20N6O2. The number of aromatic nitrogens is 4. The molecule has 126 valence electrons. The van der Waals surface area contributed by atoms with Crippen LogP contribution in [0.25, 0.3) is 0 Å². The molecule has 1 amide bonds. The Morgan fingerprint density at radius 2 is 2.25 bits per heavy atom. The molecule has 3 heterocycles. The van der Waals surface area contributed by atoms with E-state index in [4.69, 9.17) is 4.74 Å². The van der Waals surface area contributed by atoms with Crippen LogP contribution >= 0.6 is 0 Å². The second-order valence-electron chi connectivity index (χ2n) is 5.47. The van der Waals surface area contributed by atoms with Crippen LogP contribution in [-0.4, -0.2) is 64.1 Å². The summed E-state index contributed by atoms with van der Waals surface area (Å²) in [7, 11) is 1.96. The highest BCUT2D eigenvalue weighted by Gasteiger charge is 2.32. The number of rotatable bonds is 4. The van der Waals surface area contributed by atoms with E-state index in [1.807, 2.05) is 18.0 Å². The fourth-order valence-corrected chi connectivity index (χ4v) is 2.52. The van der Waals surface area contributed by atoms with E-state index in [0.29, 0.717) is 31.3 Å². The molecule has 1 saturated heterocycles. The Labute approximate surface area is 140 Å². The number of morpholine rings is 1. The summed E-state index contributed by atoms with van der Waals surface area (Å²) in [6.07, 6.45) is 6.23. The van der Waals surface area contributed by atoms with E-state index < -0.39 is 0 Å². The Morgan fingerprint density at radius 3 is 3.00 bits per heavy atom. The van der Waals surface area contributed by atoms with Crippen LogP contribution in [0.3, 0.4) is 0 Å². The Balaban J connectivity index is 1.89. The number of hydrogen-bond acceptors (Lipinski definition) is 7. The van der Waals surface area contributed by atoms with Gasteiger partial charge in [-0.05, 0) is 13.0 Å². The molecule has 1 atom stereocenters. The number of amides is 1. The highest BCUT2D eigenvalue weighted by atomic mass is 16.5. The second kappa shape index (κ2) is 7.31. The molecule has 24 heavy (non-hydrogen) atoms. The van der Waals surface area contributed by atoms with Gasteiger partial charge in [-0.3, -0.25) is 9.78 Å². The van der Waals surface area contributed by atoms with Gasteiger partial charge in [0, 0.05) is 38.7 Å². The van der Waals surface area contributed by atoms with Crippen LogP contribution in [0.2, 0.25) is 0 Å². The minimum Gasteiger partial charge on any atom is -0.377 e. The van der Waals surface area contributed by atoms with Crippen molar-refractivity contribution >= 4 is 11.7 Å². The molecule has 0 bridgehead atoms. The van der Waals surface area contributed by atoms with Crippen molar-refractivity contribution in [1.29, 1.82) is 0 Å². The number of anilines is 1. The Hall–Kier alpha value is -2.61. The van der Waals surface area contributed by atoms with E-state index in [1.165, 1.54) is 12.4 Å². The van der Waals surface area contributed by atoms with Gasteiger partial charge in [-0.15, -0.1) is 0 Å². The zero-order valence-electron chi connectivity index (χ0n) is 13.8. The number of ether oxygens (including phenoxy) is 1. The topological polar surface area (TPSA) is 84.3 Å². The van der Waals surface area contributed by atoms with Gasteiger partial charge in [0.05, 0.1) is 19.4 Å². The molecule has 0 N–H and O–H groups in total. The average Bonchev–Trinajstić information content (AvgIpc) is 2.67. The number of nitrogens with zero attached hydrogens (tertiary/aromatic N) is 6. The quantitative estimate of drug-likeness (QED) is 0.825. The standard InChI is InChI=1S/C16H20N6O2/c1-3-21(2)14-4-5-19-15(20-14)13-11-24-9-8-22(13)16(23)12-10-17-6-7-18-12/h4-7,10,13H,3,8-9,11H2,1-2H3/t13-/m1/s1. The first-order chi connectivity index (χ1) is 11.7. The van der Waals surface area contributed by atoms with Gasteiger partial charge in [0.15, 0.2) is 5.82 Å². The van der Waals surface area contributed by atoms with Gasteiger partial charge < -0.3 is 14.5 Å². The maximum Gasteiger partial charge on any atom is 0.274 e. The SMILES string of the molecule is CCN(C)c1ccnc([C@H]2COCCN2C(=O)c2cnccn2)n1. The van der Waals surface area contributed by atoms with Gasteiger partial charge in [0.1, 0.15) is 17.6 Å². The van der Waals surface area contributed by atoms with Crippen molar-refractivity contribution < 1.29 is 9.53 Å². The summed E-state index contributed by atoms with van der Waals surface area (Å²) in [5, 5.41) is 0. The maximum atomic E-state index is 12.8. The van der Waals surface area contributed by atoms with Crippen LogP contribution in [0, 0.1) is 0 Å². The molecule has 2 aromatic heterocycles. The Morgan fingerprint density at radius 1 is 1.38 bits per heavy atom. The summed E-state index contributed by atoms with van der Waals surface area (Å²) in [5.41, 5.74) is 0.311. The smallest absolute Gasteiger partial charge is 0.274 e. The van der Waals surface area contributed by atoms with Gasteiger partial charge >= 0.3 is 0 Å². The first-order valence-corrected chi connectivity index (χ1v) is 7.89. The largest absolute Gasteiger partial charge is 0.377 e. The Kier molecular flexibility index (Phi) is 4.95. The average molecular weight is 328 g/mol. The lowest BCUT2D eigenvalue weighted by Crippen LogP contribution is -2.44. The summed E-state index contributed by atoms with van der Waals surface area (Å²) in [5.74, 6) is 1.21. The molecule has 0 aliphatic carbocycles. The molecule has 1 aliphatic rings. The molecule has 0 spiro atoms. The van der Waals surface area contributed by atoms with E-state index >= 15 is 0 Å². The maximum absolute atomic E-state index is 12.8. The highest BCUT2D eigenvalue weighted by molar-refractivity contribution is 5.92. The summed E-state index contributed by atoms with van der Waals surface area (Å²) < 4.78 is 5.56. The summed E-state index contributed by atoms with van der Waals surface area (Å²) in [6.45, 7) is 4.20. The van der Waals surface area contributed by atoms with Gasteiger partial charge in [0.25, 0.3) is 5.91 Å². The van der Waals surface area contributed by atoms with Crippen molar-refractivity contribution in [1.82, 2.24) is 24.8 Å². The number of carbonyl (C=O) groups is 1. The summed E-state index contributed by atoms with van der Waals surface area (Å²) in [4.78, 5) is 33.5. The monoisotopic (exact) mass is 328 g/mol. The van der Waals surface area contributed by atoms with Gasteiger partial charge in [-0.2, -0.15) is 0 Å². The molecule has 1 fully saturated rings. The lowest BCUT2D eigenvalue weighted by Gasteiger charge is -2.34. The van der Waals surface area contributed by atoms with Crippen LogP contribution in [0.4, 0.5) is 5.82 Å². The third-order valence-electron chi connectivity index (χ3n) is 3.99. The zero-order valence-corrected chi connectivity index (χ0v) is 13.8. The molecular weight excluding hydrogens is 308 g/mol. The van der Waals surface area contributed by atoms with E-state index in [9.17, 15) is 4.79 Å². The second-order valence-corrected chi connectivity index (χ2v) is 5.47. The molecule has 0 unspecified atom stereocenters. The molecule has 0 radical (unpaired) electrons.